The first-order valence-corrected chi connectivity index (χ1v) is 17.1. The lowest BCUT2D eigenvalue weighted by Gasteiger charge is -2.27. The molecule has 0 spiro atoms. The summed E-state index contributed by atoms with van der Waals surface area (Å²) in [5.74, 6) is 0.588. The van der Waals surface area contributed by atoms with E-state index in [0.717, 1.165) is 0 Å². The number of hydrogen-bond donors (Lipinski definition) is 2. The molecule has 2 N–H and O–H groups in total. The number of carbonyl (C=O) groups is 2. The van der Waals surface area contributed by atoms with Crippen LogP contribution in [0, 0.1) is 0 Å². The van der Waals surface area contributed by atoms with Gasteiger partial charge in [-0.15, -0.1) is 0 Å². The Morgan fingerprint density at radius 3 is 0.851 bits per heavy atom. The number of hydrogen-bond acceptors (Lipinski definition) is 15. The van der Waals surface area contributed by atoms with Gasteiger partial charge in [-0.3, -0.25) is 19.4 Å². The van der Waals surface area contributed by atoms with Crippen molar-refractivity contribution in [1.29, 1.82) is 0 Å². The largest absolute Gasteiger partial charge is 0.389 e. The Balaban J connectivity index is 1.17. The molecule has 2 saturated heterocycles. The van der Waals surface area contributed by atoms with Crippen molar-refractivity contribution < 1.29 is 62.4 Å². The number of β-amino-alcohol motifs (C(OH)–C–C–N with tert-alkyl or cyclic N) is 2. The molecule has 47 heavy (non-hydrogen) atoms. The van der Waals surface area contributed by atoms with Crippen LogP contribution in [0.15, 0.2) is 0 Å². The molecule has 0 amide bonds. The van der Waals surface area contributed by atoms with Crippen molar-refractivity contribution in [2.45, 2.75) is 37.9 Å². The fraction of sp³-hybridized carbons (Fsp3) is 0.938. The molecule has 15 nitrogen and oxygen atoms in total. The Kier molecular flexibility index (Phi) is 26.5. The molecule has 0 radical (unpaired) electrons. The van der Waals surface area contributed by atoms with E-state index in [-0.39, 0.29) is 13.2 Å². The second-order valence-corrected chi connectivity index (χ2v) is 11.4. The van der Waals surface area contributed by atoms with Gasteiger partial charge < -0.3 is 52.8 Å². The minimum Gasteiger partial charge on any atom is -0.389 e. The van der Waals surface area contributed by atoms with Gasteiger partial charge in [0.15, 0.2) is 0 Å². The molecule has 2 fully saturated rings. The second kappa shape index (κ2) is 29.7. The molecule has 0 aromatic rings. The lowest BCUT2D eigenvalue weighted by Crippen LogP contribution is -2.40. The Bertz CT molecular complexity index is 687. The molecule has 0 aromatic carbocycles. The van der Waals surface area contributed by atoms with Crippen LogP contribution >= 0.6 is 0 Å². The van der Waals surface area contributed by atoms with Gasteiger partial charge in [0.1, 0.15) is 11.6 Å². The molecule has 2 aliphatic rings. The number of aliphatic hydroxyl groups excluding tert-OH is 2. The molecular formula is C32H60N2O13. The molecule has 2 heterocycles. The summed E-state index contributed by atoms with van der Waals surface area (Å²) in [5, 5.41) is 20.1. The SMILES string of the molecule is O=C1CCN(CC(O)COCCOCCOCCOCCOCCOCCOCCOCCOCC(O)CN2CCC(=O)CC2)CC1. The van der Waals surface area contributed by atoms with E-state index in [9.17, 15) is 19.8 Å². The molecule has 0 aromatic heterocycles. The van der Waals surface area contributed by atoms with Crippen LogP contribution in [0.1, 0.15) is 25.7 Å². The fourth-order valence-corrected chi connectivity index (χ4v) is 4.77. The van der Waals surface area contributed by atoms with E-state index in [2.05, 4.69) is 9.80 Å². The molecule has 2 unspecified atom stereocenters. The van der Waals surface area contributed by atoms with Crippen molar-refractivity contribution in [3.05, 3.63) is 0 Å². The van der Waals surface area contributed by atoms with Crippen LogP contribution in [0.3, 0.4) is 0 Å². The highest BCUT2D eigenvalue weighted by Crippen LogP contribution is 2.07. The number of likely N-dealkylation sites (tertiary alicyclic amines) is 2. The third-order valence-electron chi connectivity index (χ3n) is 7.36. The summed E-state index contributed by atoms with van der Waals surface area (Å²) in [7, 11) is 0. The highest BCUT2D eigenvalue weighted by molar-refractivity contribution is 5.79. The van der Waals surface area contributed by atoms with Gasteiger partial charge in [0.2, 0.25) is 0 Å². The molecule has 2 rings (SSSR count). The monoisotopic (exact) mass is 680 g/mol. The maximum Gasteiger partial charge on any atom is 0.135 e. The number of piperidine rings is 2. The van der Waals surface area contributed by atoms with E-state index < -0.39 is 12.2 Å². The predicted molar refractivity (Wildman–Crippen MR) is 171 cm³/mol. The van der Waals surface area contributed by atoms with E-state index in [0.29, 0.717) is 182 Å². The molecular weight excluding hydrogens is 620 g/mol. The summed E-state index contributed by atoms with van der Waals surface area (Å²) >= 11 is 0. The molecule has 2 atom stereocenters. The smallest absolute Gasteiger partial charge is 0.135 e. The minimum atomic E-state index is -0.564. The van der Waals surface area contributed by atoms with Crippen LogP contribution in [0.4, 0.5) is 0 Å². The first-order chi connectivity index (χ1) is 23.0. The van der Waals surface area contributed by atoms with Gasteiger partial charge >= 0.3 is 0 Å². The topological polar surface area (TPSA) is 164 Å². The normalized spacial score (nSPS) is 17.8. The number of Topliss-reactive ketones (excluding diaryl/α,β-unsaturated/α-hetero) is 2. The highest BCUT2D eigenvalue weighted by atomic mass is 16.6. The number of ketones is 2. The number of ether oxygens (including phenoxy) is 9. The molecule has 2 aliphatic heterocycles. The summed E-state index contributed by atoms with van der Waals surface area (Å²) in [6.07, 6.45) is 1.14. The standard InChI is InChI=1S/C32H60N2O13/c35-29-1-5-33(6-2-29)25-31(37)27-46-23-21-44-19-17-42-15-13-40-11-9-39-10-12-41-14-16-43-18-20-45-22-24-47-28-32(38)26-34-7-3-30(36)4-8-34/h31-32,37-38H,1-28H2. The maximum atomic E-state index is 11.3. The lowest BCUT2D eigenvalue weighted by atomic mass is 10.1. The predicted octanol–water partition coefficient (Wildman–Crippen LogP) is -0.813. The van der Waals surface area contributed by atoms with Crippen molar-refractivity contribution in [2.75, 3.05) is 158 Å². The lowest BCUT2D eigenvalue weighted by molar-refractivity contribution is -0.122. The Morgan fingerprint density at radius 2 is 0.617 bits per heavy atom. The average molecular weight is 681 g/mol. The van der Waals surface area contributed by atoms with Gasteiger partial charge in [-0.25, -0.2) is 0 Å². The number of nitrogens with zero attached hydrogens (tertiary/aromatic N) is 2. The van der Waals surface area contributed by atoms with E-state index >= 15 is 0 Å². The van der Waals surface area contributed by atoms with Crippen molar-refractivity contribution in [3.8, 4) is 0 Å². The van der Waals surface area contributed by atoms with Gasteiger partial charge in [0, 0.05) is 65.0 Å². The van der Waals surface area contributed by atoms with Crippen LogP contribution < -0.4 is 0 Å². The van der Waals surface area contributed by atoms with E-state index in [1.807, 2.05) is 0 Å². The van der Waals surface area contributed by atoms with E-state index in [1.54, 1.807) is 0 Å². The maximum absolute atomic E-state index is 11.3. The Labute approximate surface area is 279 Å². The van der Waals surface area contributed by atoms with Crippen LogP contribution in [0.25, 0.3) is 0 Å². The van der Waals surface area contributed by atoms with Crippen LogP contribution in [0.5, 0.6) is 0 Å². The second-order valence-electron chi connectivity index (χ2n) is 11.4. The van der Waals surface area contributed by atoms with Crippen molar-refractivity contribution >= 4 is 11.6 Å². The minimum absolute atomic E-state index is 0.254. The van der Waals surface area contributed by atoms with E-state index in [4.69, 9.17) is 42.6 Å². The molecule has 15 heteroatoms. The molecule has 0 bridgehead atoms. The summed E-state index contributed by atoms with van der Waals surface area (Å²) < 4.78 is 49.2. The van der Waals surface area contributed by atoms with Gasteiger partial charge in [0.05, 0.1) is 131 Å². The number of aliphatic hydroxyl groups is 2. The van der Waals surface area contributed by atoms with Gasteiger partial charge in [-0.05, 0) is 0 Å². The van der Waals surface area contributed by atoms with Gasteiger partial charge in [0.25, 0.3) is 0 Å². The summed E-state index contributed by atoms with van der Waals surface area (Å²) in [6.45, 7) is 11.8. The van der Waals surface area contributed by atoms with E-state index in [1.165, 1.54) is 0 Å². The summed E-state index contributed by atoms with van der Waals surface area (Å²) in [5.41, 5.74) is 0. The number of carbonyl (C=O) groups excluding carboxylic acids is 2. The van der Waals surface area contributed by atoms with Crippen LogP contribution in [-0.2, 0) is 52.2 Å². The third kappa shape index (κ3) is 25.5. The quantitative estimate of drug-likeness (QED) is 0.0848. The Morgan fingerprint density at radius 1 is 0.404 bits per heavy atom. The Hall–Kier alpha value is -1.18. The van der Waals surface area contributed by atoms with Gasteiger partial charge in [-0.2, -0.15) is 0 Å². The number of rotatable bonds is 32. The average Bonchev–Trinajstić information content (AvgIpc) is 3.06. The molecule has 0 aliphatic carbocycles. The van der Waals surface area contributed by atoms with Crippen LogP contribution in [0.2, 0.25) is 0 Å². The first kappa shape index (κ1) is 42.0. The zero-order valence-electron chi connectivity index (χ0n) is 28.2. The zero-order chi connectivity index (χ0) is 33.6. The summed E-state index contributed by atoms with van der Waals surface area (Å²) in [4.78, 5) is 26.7. The summed E-state index contributed by atoms with van der Waals surface area (Å²) in [6, 6.07) is 0. The van der Waals surface area contributed by atoms with Crippen molar-refractivity contribution in [2.24, 2.45) is 0 Å². The molecule has 0 saturated carbocycles. The highest BCUT2D eigenvalue weighted by Gasteiger charge is 2.19. The van der Waals surface area contributed by atoms with Crippen LogP contribution in [-0.4, -0.2) is 202 Å². The van der Waals surface area contributed by atoms with Crippen molar-refractivity contribution in [3.63, 3.8) is 0 Å². The molecule has 276 valence electrons. The fourth-order valence-electron chi connectivity index (χ4n) is 4.77. The first-order valence-electron chi connectivity index (χ1n) is 17.1. The van der Waals surface area contributed by atoms with Gasteiger partial charge in [-0.1, -0.05) is 0 Å². The third-order valence-corrected chi connectivity index (χ3v) is 7.36. The zero-order valence-corrected chi connectivity index (χ0v) is 28.2. The van der Waals surface area contributed by atoms with Crippen molar-refractivity contribution in [1.82, 2.24) is 9.80 Å².